The summed E-state index contributed by atoms with van der Waals surface area (Å²) in [6.45, 7) is 6.39. The van der Waals surface area contributed by atoms with E-state index < -0.39 is 38.9 Å². The molecule has 0 amide bonds. The van der Waals surface area contributed by atoms with E-state index in [-0.39, 0.29) is 0 Å². The van der Waals surface area contributed by atoms with Crippen LogP contribution in [0.5, 0.6) is 0 Å². The van der Waals surface area contributed by atoms with E-state index in [0.29, 0.717) is 0 Å². The number of benzene rings is 2. The molecule has 0 fully saturated rings. The topological polar surface area (TPSA) is 12.0 Å². The van der Waals surface area contributed by atoms with Crippen molar-refractivity contribution < 1.29 is 26.3 Å². The van der Waals surface area contributed by atoms with Crippen molar-refractivity contribution in [2.75, 3.05) is 13.1 Å². The quantitative estimate of drug-likeness (QED) is 0.565. The summed E-state index contributed by atoms with van der Waals surface area (Å²) in [4.78, 5) is 0. The molecular formula is C18H19F6GeN. The summed E-state index contributed by atoms with van der Waals surface area (Å²) >= 11 is -0.952. The summed E-state index contributed by atoms with van der Waals surface area (Å²) in [5, 5.41) is 3.11. The Hall–Kier alpha value is -1.48. The van der Waals surface area contributed by atoms with Gasteiger partial charge >= 0.3 is 123 Å². The third-order valence-electron chi connectivity index (χ3n) is 3.21. The Morgan fingerprint density at radius 2 is 0.962 bits per heavy atom. The van der Waals surface area contributed by atoms with Crippen molar-refractivity contribution in [1.29, 1.82) is 0 Å². The summed E-state index contributed by atoms with van der Waals surface area (Å²) in [7, 11) is 0. The summed E-state index contributed by atoms with van der Waals surface area (Å²) in [6.07, 6.45) is -8.76. The van der Waals surface area contributed by atoms with Gasteiger partial charge in [0.25, 0.3) is 0 Å². The number of rotatable bonds is 4. The first-order chi connectivity index (χ1) is 12.1. The fraction of sp³-hybridized carbons (Fsp3) is 0.333. The molecule has 1 N–H and O–H groups in total. The monoisotopic (exact) mass is 437 g/mol. The Bertz CT molecular complexity index is 590. The minimum absolute atomic E-state index is 0.725. The first kappa shape index (κ1) is 22.6. The van der Waals surface area contributed by atoms with Crippen LogP contribution in [-0.4, -0.2) is 28.5 Å². The van der Waals surface area contributed by atoms with E-state index in [4.69, 9.17) is 0 Å². The zero-order chi connectivity index (χ0) is 19.8. The maximum absolute atomic E-state index is 12.4. The number of nitrogens with one attached hydrogen (secondary N) is 1. The van der Waals surface area contributed by atoms with Gasteiger partial charge in [-0.1, -0.05) is 13.8 Å². The zero-order valence-electron chi connectivity index (χ0n) is 14.3. The van der Waals surface area contributed by atoms with Crippen molar-refractivity contribution in [3.8, 4) is 0 Å². The van der Waals surface area contributed by atoms with Crippen molar-refractivity contribution in [1.82, 2.24) is 5.32 Å². The summed E-state index contributed by atoms with van der Waals surface area (Å²) < 4.78 is 75.9. The third kappa shape index (κ3) is 7.82. The number of alkyl halides is 6. The molecule has 0 aliphatic carbocycles. The van der Waals surface area contributed by atoms with E-state index in [1.807, 2.05) is 0 Å². The summed E-state index contributed by atoms with van der Waals surface area (Å²) in [6, 6.07) is 9.46. The van der Waals surface area contributed by atoms with Crippen LogP contribution >= 0.6 is 0 Å². The van der Waals surface area contributed by atoms with Crippen LogP contribution in [0.3, 0.4) is 0 Å². The van der Waals surface area contributed by atoms with E-state index in [2.05, 4.69) is 19.2 Å². The Balaban J connectivity index is 0.000000597. The van der Waals surface area contributed by atoms with Crippen LogP contribution in [0, 0.1) is 0 Å². The maximum atomic E-state index is 12.4. The average Bonchev–Trinajstić information content (AvgIpc) is 2.55. The van der Waals surface area contributed by atoms with Crippen LogP contribution < -0.4 is 14.1 Å². The number of hydrogen-bond acceptors (Lipinski definition) is 1. The SMILES string of the molecule is CCNCC.FC(F)(F)c1cc[c]([Ge][c]2ccc(C(F)(F)F)cc2)cc1. The Morgan fingerprint density at radius 1 is 0.654 bits per heavy atom. The van der Waals surface area contributed by atoms with E-state index in [9.17, 15) is 26.3 Å². The molecule has 0 aromatic heterocycles. The molecular weight excluding hydrogens is 417 g/mol. The molecule has 0 aliphatic rings. The molecule has 0 aliphatic heterocycles. The van der Waals surface area contributed by atoms with Crippen LogP contribution in [-0.2, 0) is 12.4 Å². The molecule has 0 unspecified atom stereocenters. The molecule has 0 saturated heterocycles. The Morgan fingerprint density at radius 3 is 1.15 bits per heavy atom. The molecule has 8 heteroatoms. The van der Waals surface area contributed by atoms with Crippen molar-refractivity contribution in [2.24, 2.45) is 0 Å². The number of halogens is 6. The normalized spacial score (nSPS) is 11.7. The molecule has 142 valence electrons. The van der Waals surface area contributed by atoms with Gasteiger partial charge in [-0.15, -0.1) is 0 Å². The van der Waals surface area contributed by atoms with E-state index in [1.54, 1.807) is 0 Å². The molecule has 1 nitrogen and oxygen atoms in total. The van der Waals surface area contributed by atoms with Gasteiger partial charge in [0.15, 0.2) is 0 Å². The molecule has 2 rings (SSSR count). The van der Waals surface area contributed by atoms with Gasteiger partial charge in [0.1, 0.15) is 0 Å². The molecule has 0 spiro atoms. The first-order valence-electron chi connectivity index (χ1n) is 7.90. The third-order valence-corrected chi connectivity index (χ3v) is 5.82. The fourth-order valence-corrected chi connectivity index (χ4v) is 4.00. The Kier molecular flexibility index (Phi) is 8.69. The fourth-order valence-electron chi connectivity index (χ4n) is 1.90. The second-order valence-corrected chi connectivity index (χ2v) is 8.18. The van der Waals surface area contributed by atoms with E-state index in [0.717, 1.165) is 46.1 Å². The molecule has 0 atom stereocenters. The average molecular weight is 436 g/mol. The van der Waals surface area contributed by atoms with Gasteiger partial charge < -0.3 is 5.32 Å². The van der Waals surface area contributed by atoms with Crippen molar-refractivity contribution in [2.45, 2.75) is 26.2 Å². The van der Waals surface area contributed by atoms with Crippen molar-refractivity contribution in [3.05, 3.63) is 59.7 Å². The van der Waals surface area contributed by atoms with Crippen LogP contribution in [0.15, 0.2) is 48.5 Å². The van der Waals surface area contributed by atoms with Crippen LogP contribution in [0.4, 0.5) is 26.3 Å². The predicted octanol–water partition coefficient (Wildman–Crippen LogP) is 4.00. The molecule has 0 saturated carbocycles. The van der Waals surface area contributed by atoms with Gasteiger partial charge in [0, 0.05) is 0 Å². The standard InChI is InChI=1S/C14H8F6Ge.C4H11N/c15-13(16,17)9-1-5-11(6-2-9)21-12-7-3-10(4-8-12)14(18,19)20;1-3-5-4-2/h1-8H;5H,3-4H2,1-2H3. The van der Waals surface area contributed by atoms with Crippen molar-refractivity contribution in [3.63, 3.8) is 0 Å². The van der Waals surface area contributed by atoms with Crippen molar-refractivity contribution >= 4 is 24.2 Å². The zero-order valence-corrected chi connectivity index (χ0v) is 16.4. The van der Waals surface area contributed by atoms with Gasteiger partial charge in [-0.25, -0.2) is 0 Å². The Labute approximate surface area is 155 Å². The van der Waals surface area contributed by atoms with Crippen LogP contribution in [0.1, 0.15) is 25.0 Å². The van der Waals surface area contributed by atoms with Gasteiger partial charge in [0.2, 0.25) is 0 Å². The minimum atomic E-state index is -4.38. The van der Waals surface area contributed by atoms with Gasteiger partial charge in [0.05, 0.1) is 0 Å². The van der Waals surface area contributed by atoms with E-state index in [1.165, 1.54) is 24.3 Å². The van der Waals surface area contributed by atoms with Crippen LogP contribution in [0.25, 0.3) is 0 Å². The summed E-state index contributed by atoms with van der Waals surface area (Å²) in [5.74, 6) is 0. The van der Waals surface area contributed by atoms with E-state index >= 15 is 0 Å². The van der Waals surface area contributed by atoms with Gasteiger partial charge in [-0.05, 0) is 13.1 Å². The molecule has 2 aromatic carbocycles. The second-order valence-electron chi connectivity index (χ2n) is 5.23. The van der Waals surface area contributed by atoms with Crippen LogP contribution in [0.2, 0.25) is 0 Å². The molecule has 2 aromatic rings. The molecule has 26 heavy (non-hydrogen) atoms. The molecule has 0 bridgehead atoms. The summed E-state index contributed by atoms with van der Waals surface area (Å²) in [5.41, 5.74) is -1.46. The number of hydrogen-bond donors (Lipinski definition) is 1. The van der Waals surface area contributed by atoms with Gasteiger partial charge in [-0.3, -0.25) is 0 Å². The predicted molar refractivity (Wildman–Crippen MR) is 92.1 cm³/mol. The first-order valence-corrected chi connectivity index (χ1v) is 10.00. The molecule has 2 radical (unpaired) electrons. The molecule has 0 heterocycles. The second kappa shape index (κ2) is 10.0. The van der Waals surface area contributed by atoms with Gasteiger partial charge in [-0.2, -0.15) is 0 Å².